The van der Waals surface area contributed by atoms with Crippen molar-refractivity contribution in [2.45, 2.75) is 37.8 Å². The lowest BCUT2D eigenvalue weighted by Crippen LogP contribution is -2.39. The minimum atomic E-state index is 0.0104. The zero-order chi connectivity index (χ0) is 17.1. The van der Waals surface area contributed by atoms with Gasteiger partial charge in [0.15, 0.2) is 0 Å². The fourth-order valence-corrected chi connectivity index (χ4v) is 4.07. The predicted octanol–water partition coefficient (Wildman–Crippen LogP) is 4.80. The number of pyridine rings is 1. The first-order chi connectivity index (χ1) is 12.3. The van der Waals surface area contributed by atoms with E-state index in [1.807, 2.05) is 18.3 Å². The smallest absolute Gasteiger partial charge is 0.123 e. The number of fused-ring (bicyclic) bond motifs is 1. The Hall–Kier alpha value is -2.39. The van der Waals surface area contributed by atoms with E-state index in [1.165, 1.54) is 29.4 Å². The number of aromatic nitrogens is 1. The van der Waals surface area contributed by atoms with E-state index in [-0.39, 0.29) is 5.54 Å². The Bertz CT molecular complexity index is 869. The normalized spacial score (nSPS) is 16.2. The second-order valence-electron chi connectivity index (χ2n) is 6.87. The van der Waals surface area contributed by atoms with Gasteiger partial charge in [0.1, 0.15) is 5.75 Å². The molecule has 3 aromatic rings. The van der Waals surface area contributed by atoms with E-state index in [4.69, 9.17) is 4.74 Å². The maximum atomic E-state index is 5.64. The predicted molar refractivity (Wildman–Crippen MR) is 102 cm³/mol. The van der Waals surface area contributed by atoms with E-state index in [0.29, 0.717) is 0 Å². The molecule has 1 aliphatic carbocycles. The van der Waals surface area contributed by atoms with Crippen molar-refractivity contribution >= 4 is 10.9 Å². The molecule has 0 aliphatic heterocycles. The summed E-state index contributed by atoms with van der Waals surface area (Å²) in [6.07, 6.45) is 6.67. The van der Waals surface area contributed by atoms with Gasteiger partial charge in [-0.1, -0.05) is 43.2 Å². The first-order valence-corrected chi connectivity index (χ1v) is 9.03. The van der Waals surface area contributed by atoms with Gasteiger partial charge in [-0.2, -0.15) is 0 Å². The molecule has 4 rings (SSSR count). The quantitative estimate of drug-likeness (QED) is 0.728. The summed E-state index contributed by atoms with van der Waals surface area (Å²) in [5, 5.41) is 5.06. The van der Waals surface area contributed by atoms with Crippen molar-refractivity contribution in [1.82, 2.24) is 10.3 Å². The van der Waals surface area contributed by atoms with Crippen LogP contribution in [0.15, 0.2) is 60.8 Å². The lowest BCUT2D eigenvalue weighted by Gasteiger charge is -2.32. The van der Waals surface area contributed by atoms with Crippen LogP contribution >= 0.6 is 0 Å². The monoisotopic (exact) mass is 332 g/mol. The van der Waals surface area contributed by atoms with E-state index in [0.717, 1.165) is 30.7 Å². The van der Waals surface area contributed by atoms with Crippen molar-refractivity contribution in [2.75, 3.05) is 7.11 Å². The fourth-order valence-electron chi connectivity index (χ4n) is 4.07. The highest BCUT2D eigenvalue weighted by Gasteiger charge is 2.37. The Labute approximate surface area is 149 Å². The molecule has 25 heavy (non-hydrogen) atoms. The Kier molecular flexibility index (Phi) is 4.41. The maximum Gasteiger partial charge on any atom is 0.123 e. The summed E-state index contributed by atoms with van der Waals surface area (Å²) in [5.74, 6) is 0.986. The number of nitrogens with zero attached hydrogens (tertiary/aromatic N) is 1. The van der Waals surface area contributed by atoms with Crippen molar-refractivity contribution < 1.29 is 4.74 Å². The SMILES string of the molecule is COc1ccccc1C1(NCc2ccc3ncccc3c2)CCCC1. The minimum absolute atomic E-state index is 0.0104. The Morgan fingerprint density at radius 2 is 1.88 bits per heavy atom. The first-order valence-electron chi connectivity index (χ1n) is 9.03. The van der Waals surface area contributed by atoms with Crippen molar-refractivity contribution in [3.8, 4) is 5.75 Å². The Morgan fingerprint density at radius 3 is 2.72 bits per heavy atom. The molecular weight excluding hydrogens is 308 g/mol. The van der Waals surface area contributed by atoms with E-state index in [2.05, 4.69) is 52.8 Å². The number of ether oxygens (including phenoxy) is 1. The molecule has 3 nitrogen and oxygen atoms in total. The van der Waals surface area contributed by atoms with Gasteiger partial charge in [-0.25, -0.2) is 0 Å². The topological polar surface area (TPSA) is 34.1 Å². The number of methoxy groups -OCH3 is 1. The van der Waals surface area contributed by atoms with Gasteiger partial charge in [0.05, 0.1) is 12.6 Å². The van der Waals surface area contributed by atoms with Crippen LogP contribution in [0.4, 0.5) is 0 Å². The zero-order valence-electron chi connectivity index (χ0n) is 14.7. The van der Waals surface area contributed by atoms with Crippen molar-refractivity contribution in [3.63, 3.8) is 0 Å². The molecule has 0 bridgehead atoms. The van der Waals surface area contributed by atoms with Gasteiger partial charge in [-0.15, -0.1) is 0 Å². The molecule has 3 heteroatoms. The maximum absolute atomic E-state index is 5.64. The summed E-state index contributed by atoms with van der Waals surface area (Å²) in [4.78, 5) is 4.41. The van der Waals surface area contributed by atoms with Gasteiger partial charge in [0, 0.05) is 29.2 Å². The summed E-state index contributed by atoms with van der Waals surface area (Å²) in [6, 6.07) is 19.1. The summed E-state index contributed by atoms with van der Waals surface area (Å²) >= 11 is 0. The number of rotatable bonds is 5. The fraction of sp³-hybridized carbons (Fsp3) is 0.318. The third-order valence-corrected chi connectivity index (χ3v) is 5.38. The van der Waals surface area contributed by atoms with Crippen LogP contribution in [0.25, 0.3) is 10.9 Å². The van der Waals surface area contributed by atoms with Crippen LogP contribution in [0.1, 0.15) is 36.8 Å². The average Bonchev–Trinajstić information content (AvgIpc) is 3.16. The van der Waals surface area contributed by atoms with Gasteiger partial charge in [-0.3, -0.25) is 4.98 Å². The van der Waals surface area contributed by atoms with Crippen molar-refractivity contribution in [3.05, 3.63) is 71.9 Å². The molecule has 0 spiro atoms. The molecular formula is C22H24N2O. The van der Waals surface area contributed by atoms with Gasteiger partial charge in [-0.05, 0) is 42.7 Å². The third-order valence-electron chi connectivity index (χ3n) is 5.38. The van der Waals surface area contributed by atoms with Crippen molar-refractivity contribution in [2.24, 2.45) is 0 Å². The summed E-state index contributed by atoms with van der Waals surface area (Å²) < 4.78 is 5.64. The van der Waals surface area contributed by atoms with E-state index >= 15 is 0 Å². The highest BCUT2D eigenvalue weighted by molar-refractivity contribution is 5.78. The minimum Gasteiger partial charge on any atom is -0.496 e. The highest BCUT2D eigenvalue weighted by Crippen LogP contribution is 2.42. The van der Waals surface area contributed by atoms with E-state index < -0.39 is 0 Å². The average molecular weight is 332 g/mol. The summed E-state index contributed by atoms with van der Waals surface area (Å²) in [7, 11) is 1.76. The van der Waals surface area contributed by atoms with Crippen LogP contribution in [-0.2, 0) is 12.1 Å². The van der Waals surface area contributed by atoms with Crippen molar-refractivity contribution in [1.29, 1.82) is 0 Å². The van der Waals surface area contributed by atoms with Crippen LogP contribution in [0.3, 0.4) is 0 Å². The van der Waals surface area contributed by atoms with Crippen LogP contribution in [0, 0.1) is 0 Å². The molecule has 128 valence electrons. The molecule has 1 heterocycles. The Balaban J connectivity index is 1.61. The Morgan fingerprint density at radius 1 is 1.04 bits per heavy atom. The molecule has 0 amide bonds. The lowest BCUT2D eigenvalue weighted by molar-refractivity contribution is 0.317. The number of nitrogens with one attached hydrogen (secondary N) is 1. The van der Waals surface area contributed by atoms with Crippen LogP contribution < -0.4 is 10.1 Å². The second-order valence-corrected chi connectivity index (χ2v) is 6.87. The number of hydrogen-bond donors (Lipinski definition) is 1. The first kappa shape index (κ1) is 16.1. The van der Waals surface area contributed by atoms with Gasteiger partial charge in [0.2, 0.25) is 0 Å². The largest absolute Gasteiger partial charge is 0.496 e. The molecule has 1 aromatic heterocycles. The van der Waals surface area contributed by atoms with Gasteiger partial charge >= 0.3 is 0 Å². The number of benzene rings is 2. The molecule has 0 radical (unpaired) electrons. The number of para-hydroxylation sites is 1. The third kappa shape index (κ3) is 3.12. The number of hydrogen-bond acceptors (Lipinski definition) is 3. The molecule has 1 N–H and O–H groups in total. The standard InChI is InChI=1S/C22H24N2O/c1-25-21-9-3-2-8-19(21)22(12-4-5-13-22)24-16-17-10-11-20-18(15-17)7-6-14-23-20/h2-3,6-11,14-15,24H,4-5,12-13,16H2,1H3. The molecule has 1 fully saturated rings. The van der Waals surface area contributed by atoms with E-state index in [9.17, 15) is 0 Å². The summed E-state index contributed by atoms with van der Waals surface area (Å²) in [5.41, 5.74) is 3.64. The van der Waals surface area contributed by atoms with Crippen LogP contribution in [0.5, 0.6) is 5.75 Å². The summed E-state index contributed by atoms with van der Waals surface area (Å²) in [6.45, 7) is 0.850. The van der Waals surface area contributed by atoms with Gasteiger partial charge in [0.25, 0.3) is 0 Å². The van der Waals surface area contributed by atoms with Crippen LogP contribution in [0.2, 0.25) is 0 Å². The molecule has 1 aliphatic rings. The van der Waals surface area contributed by atoms with E-state index in [1.54, 1.807) is 7.11 Å². The molecule has 0 atom stereocenters. The molecule has 0 unspecified atom stereocenters. The molecule has 2 aromatic carbocycles. The van der Waals surface area contributed by atoms with Crippen LogP contribution in [-0.4, -0.2) is 12.1 Å². The zero-order valence-corrected chi connectivity index (χ0v) is 14.7. The second kappa shape index (κ2) is 6.85. The molecule has 1 saturated carbocycles. The molecule has 0 saturated heterocycles. The van der Waals surface area contributed by atoms with Gasteiger partial charge < -0.3 is 10.1 Å². The lowest BCUT2D eigenvalue weighted by atomic mass is 9.87. The highest BCUT2D eigenvalue weighted by atomic mass is 16.5.